The summed E-state index contributed by atoms with van der Waals surface area (Å²) < 4.78 is 28.2. The van der Waals surface area contributed by atoms with E-state index >= 15 is 4.39 Å². The summed E-state index contributed by atoms with van der Waals surface area (Å²) in [6.45, 7) is 1.68. The Bertz CT molecular complexity index is 1490. The van der Waals surface area contributed by atoms with Gasteiger partial charge in [-0.1, -0.05) is 0 Å². The van der Waals surface area contributed by atoms with E-state index in [4.69, 9.17) is 9.15 Å². The smallest absolute Gasteiger partial charge is 0.433 e. The lowest BCUT2D eigenvalue weighted by Crippen LogP contribution is -2.44. The molecule has 0 radical (unpaired) electrons. The van der Waals surface area contributed by atoms with Crippen LogP contribution in [0.5, 0.6) is 5.75 Å². The lowest BCUT2D eigenvalue weighted by atomic mass is 10.1. The molecule has 180 valence electrons. The molecular formula is C22H18FN5O7. The molecule has 1 N–H and O–H groups in total. The van der Waals surface area contributed by atoms with Gasteiger partial charge in [0.1, 0.15) is 22.3 Å². The van der Waals surface area contributed by atoms with E-state index in [9.17, 15) is 24.8 Å². The minimum Gasteiger partial charge on any atom is -0.484 e. The molecule has 3 aliphatic rings. The zero-order valence-corrected chi connectivity index (χ0v) is 18.1. The summed E-state index contributed by atoms with van der Waals surface area (Å²) in [7, 11) is 0. The van der Waals surface area contributed by atoms with Crippen molar-refractivity contribution in [1.29, 1.82) is 0 Å². The maximum absolute atomic E-state index is 15.4. The predicted octanol–water partition coefficient (Wildman–Crippen LogP) is 2.20. The molecular weight excluding hydrogens is 465 g/mol. The van der Waals surface area contributed by atoms with Crippen molar-refractivity contribution in [2.75, 3.05) is 31.1 Å². The first-order valence-corrected chi connectivity index (χ1v) is 10.9. The van der Waals surface area contributed by atoms with Crippen LogP contribution in [-0.4, -0.2) is 64.1 Å². The topological polar surface area (TPSA) is 144 Å². The first-order valence-electron chi connectivity index (χ1n) is 10.9. The van der Waals surface area contributed by atoms with Crippen molar-refractivity contribution in [3.05, 3.63) is 61.9 Å². The molecule has 2 aliphatic heterocycles. The average Bonchev–Trinajstić information content (AvgIpc) is 3.45. The lowest BCUT2D eigenvalue weighted by molar-refractivity contribution is -0.402. The van der Waals surface area contributed by atoms with E-state index < -0.39 is 27.7 Å². The monoisotopic (exact) mass is 483 g/mol. The Morgan fingerprint density at radius 3 is 2.74 bits per heavy atom. The Balaban J connectivity index is 1.29. The van der Waals surface area contributed by atoms with Gasteiger partial charge in [0.15, 0.2) is 17.3 Å². The van der Waals surface area contributed by atoms with Gasteiger partial charge in [-0.2, -0.15) is 5.10 Å². The van der Waals surface area contributed by atoms with E-state index in [0.29, 0.717) is 38.1 Å². The average molecular weight is 483 g/mol. The zero-order valence-electron chi connectivity index (χ0n) is 18.1. The quantitative estimate of drug-likeness (QED) is 0.328. The first kappa shape index (κ1) is 21.1. The van der Waals surface area contributed by atoms with E-state index in [1.807, 2.05) is 4.90 Å². The number of rotatable bonds is 5. The van der Waals surface area contributed by atoms with Crippen LogP contribution in [0.2, 0.25) is 0 Å². The summed E-state index contributed by atoms with van der Waals surface area (Å²) in [5.41, 5.74) is -0.480. The number of carbonyl (C=O) groups is 1. The number of aromatic nitrogens is 1. The Morgan fingerprint density at radius 2 is 2.06 bits per heavy atom. The third-order valence-corrected chi connectivity index (χ3v) is 6.47. The summed E-state index contributed by atoms with van der Waals surface area (Å²) in [6.07, 6.45) is 3.17. The summed E-state index contributed by atoms with van der Waals surface area (Å²) in [5, 5.41) is 26.2. The van der Waals surface area contributed by atoms with E-state index in [1.165, 1.54) is 24.5 Å². The zero-order chi connectivity index (χ0) is 24.4. The lowest BCUT2D eigenvalue weighted by Gasteiger charge is -2.36. The second-order valence-corrected chi connectivity index (χ2v) is 8.59. The number of hydrogen-bond donors (Lipinski definition) is 1. The Hall–Kier alpha value is -4.42. The first-order chi connectivity index (χ1) is 16.8. The molecule has 2 aromatic heterocycles. The summed E-state index contributed by atoms with van der Waals surface area (Å²) >= 11 is 0. The number of hydrogen-bond acceptors (Lipinski definition) is 9. The van der Waals surface area contributed by atoms with Crippen molar-refractivity contribution in [1.82, 2.24) is 9.58 Å². The highest BCUT2D eigenvalue weighted by molar-refractivity contribution is 5.97. The van der Waals surface area contributed by atoms with Crippen LogP contribution in [0.4, 0.5) is 16.0 Å². The Morgan fingerprint density at radius 1 is 1.29 bits per heavy atom. The van der Waals surface area contributed by atoms with Crippen LogP contribution in [0.25, 0.3) is 10.9 Å². The largest absolute Gasteiger partial charge is 0.484 e. The number of aromatic carboxylic acids is 1. The molecule has 4 heterocycles. The number of benzene rings is 1. The highest BCUT2D eigenvalue weighted by atomic mass is 19.1. The van der Waals surface area contributed by atoms with Crippen molar-refractivity contribution in [3.63, 3.8) is 0 Å². The van der Waals surface area contributed by atoms with Crippen molar-refractivity contribution in [2.24, 2.45) is 5.10 Å². The highest BCUT2D eigenvalue weighted by Gasteiger charge is 2.47. The number of furan rings is 1. The van der Waals surface area contributed by atoms with Crippen LogP contribution in [-0.2, 0) is 0 Å². The summed E-state index contributed by atoms with van der Waals surface area (Å²) in [5.74, 6) is -1.87. The third-order valence-electron chi connectivity index (χ3n) is 6.47. The van der Waals surface area contributed by atoms with E-state index in [2.05, 4.69) is 5.10 Å². The van der Waals surface area contributed by atoms with Gasteiger partial charge in [-0.3, -0.25) is 19.9 Å². The third kappa shape index (κ3) is 3.38. The number of fused-ring (bicyclic) bond motifs is 2. The van der Waals surface area contributed by atoms with Gasteiger partial charge < -0.3 is 23.7 Å². The summed E-state index contributed by atoms with van der Waals surface area (Å²) in [6, 6.07) is 3.72. The molecule has 2 unspecified atom stereocenters. The number of carboxylic acids is 1. The van der Waals surface area contributed by atoms with Crippen molar-refractivity contribution >= 4 is 34.7 Å². The fourth-order valence-electron chi connectivity index (χ4n) is 4.68. The number of anilines is 1. The van der Waals surface area contributed by atoms with E-state index in [0.717, 1.165) is 6.07 Å². The molecule has 35 heavy (non-hydrogen) atoms. The molecule has 0 spiro atoms. The SMILES string of the molecule is O=C(O)c1cn2c3c(c(N4CCN(/N=C/c5ccc([N+](=O)[O-])o5)CC4)c(F)cc3c1=O)OC1CC12. The van der Waals surface area contributed by atoms with Crippen molar-refractivity contribution in [3.8, 4) is 5.75 Å². The molecule has 1 aliphatic carbocycles. The van der Waals surface area contributed by atoms with Crippen molar-refractivity contribution < 1.29 is 28.4 Å². The van der Waals surface area contributed by atoms with Crippen LogP contribution in [0.3, 0.4) is 0 Å². The number of nitrogens with zero attached hydrogens (tertiary/aromatic N) is 5. The van der Waals surface area contributed by atoms with Crippen LogP contribution >= 0.6 is 0 Å². The fourth-order valence-corrected chi connectivity index (χ4v) is 4.68. The Kier molecular flexibility index (Phi) is 4.56. The molecule has 1 aromatic carbocycles. The van der Waals surface area contributed by atoms with Crippen LogP contribution in [0, 0.1) is 15.9 Å². The number of piperazine rings is 1. The maximum Gasteiger partial charge on any atom is 0.433 e. The van der Waals surface area contributed by atoms with Gasteiger partial charge in [0.2, 0.25) is 5.43 Å². The predicted molar refractivity (Wildman–Crippen MR) is 120 cm³/mol. The molecule has 1 saturated heterocycles. The summed E-state index contributed by atoms with van der Waals surface area (Å²) in [4.78, 5) is 36.2. The number of pyridine rings is 1. The number of carboxylic acid groups (broad SMARTS) is 1. The molecule has 1 saturated carbocycles. The molecule has 2 fully saturated rings. The van der Waals surface area contributed by atoms with Crippen LogP contribution in [0.15, 0.2) is 38.7 Å². The number of ether oxygens (including phenoxy) is 1. The van der Waals surface area contributed by atoms with Crippen LogP contribution in [0.1, 0.15) is 28.6 Å². The normalized spacial score (nSPS) is 20.7. The van der Waals surface area contributed by atoms with Gasteiger partial charge in [0.05, 0.1) is 42.3 Å². The van der Waals surface area contributed by atoms with Gasteiger partial charge in [-0.25, -0.2) is 9.18 Å². The number of hydrazone groups is 1. The molecule has 2 atom stereocenters. The molecule has 0 bridgehead atoms. The van der Waals surface area contributed by atoms with Crippen molar-refractivity contribution in [2.45, 2.75) is 18.6 Å². The number of nitro groups is 1. The second kappa shape index (κ2) is 7.55. The molecule has 0 amide bonds. The minimum atomic E-state index is -1.35. The van der Waals surface area contributed by atoms with Gasteiger partial charge in [0, 0.05) is 25.7 Å². The maximum atomic E-state index is 15.4. The second-order valence-electron chi connectivity index (χ2n) is 8.59. The van der Waals surface area contributed by atoms with Gasteiger partial charge in [-0.05, 0) is 12.1 Å². The molecule has 3 aromatic rings. The molecule has 6 rings (SSSR count). The Labute approximate surface area is 195 Å². The van der Waals surface area contributed by atoms with Crippen LogP contribution < -0.4 is 15.1 Å². The van der Waals surface area contributed by atoms with E-state index in [1.54, 1.807) is 9.58 Å². The minimum absolute atomic E-state index is 0.0118. The highest BCUT2D eigenvalue weighted by Crippen LogP contribution is 2.51. The van der Waals surface area contributed by atoms with Gasteiger partial charge in [0.25, 0.3) is 0 Å². The van der Waals surface area contributed by atoms with E-state index in [-0.39, 0.29) is 40.6 Å². The molecule has 12 nitrogen and oxygen atoms in total. The standard InChI is InChI=1S/C22H18FN5O7/c23-14-7-12-18-21(35-16-8-15(16)27(18)10-13(20(12)29)22(30)31)19(14)25-3-5-26(6-4-25)24-9-11-1-2-17(34-11)28(32)33/h1-2,7,9-10,15-16H,3-6,8H2,(H,30,31)/b24-9+. The number of halogens is 1. The fraction of sp³-hybridized carbons (Fsp3) is 0.318. The molecule has 13 heteroatoms. The van der Waals surface area contributed by atoms with Gasteiger partial charge >= 0.3 is 11.9 Å². The van der Waals surface area contributed by atoms with Gasteiger partial charge in [-0.15, -0.1) is 0 Å².